The van der Waals surface area contributed by atoms with Crippen LogP contribution in [0, 0.1) is 0 Å². The fourth-order valence-corrected chi connectivity index (χ4v) is 3.00. The summed E-state index contributed by atoms with van der Waals surface area (Å²) in [6.45, 7) is 0.183. The standard InChI is InChI=1S/C23H16O6/c24-17-6-4-15(5-7-17)20-13-29-21-11-18(8-9-19(21)22(20)25)28-12-14-2-1-3-16(10-14)23(26)27/h1-11,13,24H,12H2,(H,26,27). The molecule has 1 aromatic heterocycles. The van der Waals surface area contributed by atoms with Gasteiger partial charge in [0.2, 0.25) is 0 Å². The predicted octanol–water partition coefficient (Wildman–Crippen LogP) is 4.44. The smallest absolute Gasteiger partial charge is 0.335 e. The van der Waals surface area contributed by atoms with Crippen molar-refractivity contribution in [3.8, 4) is 22.6 Å². The van der Waals surface area contributed by atoms with Gasteiger partial charge in [-0.25, -0.2) is 4.79 Å². The number of aromatic carboxylic acids is 1. The molecule has 0 amide bonds. The summed E-state index contributed by atoms with van der Waals surface area (Å²) in [4.78, 5) is 23.8. The minimum absolute atomic E-state index is 0.120. The van der Waals surface area contributed by atoms with Gasteiger partial charge in [0.05, 0.1) is 16.5 Å². The van der Waals surface area contributed by atoms with Crippen molar-refractivity contribution in [3.05, 3.63) is 94.3 Å². The monoisotopic (exact) mass is 388 g/mol. The van der Waals surface area contributed by atoms with E-state index in [0.29, 0.717) is 33.4 Å². The second-order valence-corrected chi connectivity index (χ2v) is 6.48. The lowest BCUT2D eigenvalue weighted by Gasteiger charge is -2.08. The molecule has 0 aliphatic rings. The predicted molar refractivity (Wildman–Crippen MR) is 107 cm³/mol. The normalized spacial score (nSPS) is 10.8. The average Bonchev–Trinajstić information content (AvgIpc) is 2.73. The second-order valence-electron chi connectivity index (χ2n) is 6.48. The van der Waals surface area contributed by atoms with Crippen LogP contribution in [0.4, 0.5) is 0 Å². The fraction of sp³-hybridized carbons (Fsp3) is 0.0435. The average molecular weight is 388 g/mol. The van der Waals surface area contributed by atoms with E-state index in [2.05, 4.69) is 0 Å². The van der Waals surface area contributed by atoms with E-state index < -0.39 is 5.97 Å². The van der Waals surface area contributed by atoms with Crippen molar-refractivity contribution >= 4 is 16.9 Å². The molecule has 0 bridgehead atoms. The third-order valence-electron chi connectivity index (χ3n) is 4.50. The van der Waals surface area contributed by atoms with Gasteiger partial charge in [0.25, 0.3) is 0 Å². The molecule has 0 saturated heterocycles. The van der Waals surface area contributed by atoms with Gasteiger partial charge in [-0.3, -0.25) is 4.79 Å². The quantitative estimate of drug-likeness (QED) is 0.525. The van der Waals surface area contributed by atoms with Crippen molar-refractivity contribution in [1.82, 2.24) is 0 Å². The van der Waals surface area contributed by atoms with Gasteiger partial charge in [0, 0.05) is 6.07 Å². The number of fused-ring (bicyclic) bond motifs is 1. The van der Waals surface area contributed by atoms with E-state index in [4.69, 9.17) is 14.3 Å². The van der Waals surface area contributed by atoms with Crippen LogP contribution in [-0.2, 0) is 6.61 Å². The molecular formula is C23H16O6. The van der Waals surface area contributed by atoms with Crippen molar-refractivity contribution in [2.45, 2.75) is 6.61 Å². The molecule has 0 atom stereocenters. The van der Waals surface area contributed by atoms with Crippen LogP contribution >= 0.6 is 0 Å². The van der Waals surface area contributed by atoms with Crippen LogP contribution in [0.25, 0.3) is 22.1 Å². The van der Waals surface area contributed by atoms with Crippen molar-refractivity contribution in [2.75, 3.05) is 0 Å². The highest BCUT2D eigenvalue weighted by molar-refractivity contribution is 5.87. The molecule has 4 aromatic rings. The van der Waals surface area contributed by atoms with Crippen molar-refractivity contribution < 1.29 is 24.2 Å². The molecule has 0 spiro atoms. The number of hydrogen-bond acceptors (Lipinski definition) is 5. The van der Waals surface area contributed by atoms with Crippen LogP contribution in [0.15, 0.2) is 82.2 Å². The highest BCUT2D eigenvalue weighted by Gasteiger charge is 2.11. The summed E-state index contributed by atoms with van der Waals surface area (Å²) in [5.41, 5.74) is 2.16. The lowest BCUT2D eigenvalue weighted by atomic mass is 10.1. The van der Waals surface area contributed by atoms with E-state index in [1.54, 1.807) is 48.5 Å². The number of phenols is 1. The SMILES string of the molecule is O=C(O)c1cccc(COc2ccc3c(=O)c(-c4ccc(O)cc4)coc3c2)c1. The number of benzene rings is 3. The molecule has 6 nitrogen and oxygen atoms in total. The van der Waals surface area contributed by atoms with Gasteiger partial charge in [-0.2, -0.15) is 0 Å². The van der Waals surface area contributed by atoms with Crippen LogP contribution in [-0.4, -0.2) is 16.2 Å². The summed E-state index contributed by atoms with van der Waals surface area (Å²) >= 11 is 0. The summed E-state index contributed by atoms with van der Waals surface area (Å²) in [5, 5.41) is 18.9. The Morgan fingerprint density at radius 1 is 1.00 bits per heavy atom. The Balaban J connectivity index is 1.59. The second kappa shape index (κ2) is 7.52. The summed E-state index contributed by atoms with van der Waals surface area (Å²) in [6, 6.07) is 17.7. The maximum absolute atomic E-state index is 12.8. The van der Waals surface area contributed by atoms with Crippen molar-refractivity contribution in [3.63, 3.8) is 0 Å². The Labute approximate surface area is 165 Å². The number of hydrogen-bond donors (Lipinski definition) is 2. The van der Waals surface area contributed by atoms with Gasteiger partial charge in [-0.1, -0.05) is 24.3 Å². The first-order valence-electron chi connectivity index (χ1n) is 8.81. The van der Waals surface area contributed by atoms with Gasteiger partial charge < -0.3 is 19.4 Å². The fourth-order valence-electron chi connectivity index (χ4n) is 3.00. The Morgan fingerprint density at radius 3 is 2.55 bits per heavy atom. The summed E-state index contributed by atoms with van der Waals surface area (Å²) in [5.74, 6) is -0.378. The number of rotatable bonds is 5. The van der Waals surface area contributed by atoms with E-state index >= 15 is 0 Å². The molecule has 29 heavy (non-hydrogen) atoms. The van der Waals surface area contributed by atoms with Crippen LogP contribution < -0.4 is 10.2 Å². The van der Waals surface area contributed by atoms with Crippen LogP contribution in [0.5, 0.6) is 11.5 Å². The zero-order chi connectivity index (χ0) is 20.4. The minimum atomic E-state index is -0.997. The van der Waals surface area contributed by atoms with E-state index in [9.17, 15) is 14.7 Å². The lowest BCUT2D eigenvalue weighted by molar-refractivity contribution is 0.0696. The molecule has 3 aromatic carbocycles. The molecule has 0 unspecified atom stereocenters. The van der Waals surface area contributed by atoms with Gasteiger partial charge >= 0.3 is 5.97 Å². The van der Waals surface area contributed by atoms with Crippen molar-refractivity contribution in [2.24, 2.45) is 0 Å². The summed E-state index contributed by atoms with van der Waals surface area (Å²) in [6.07, 6.45) is 1.39. The number of carboxylic acids is 1. The maximum Gasteiger partial charge on any atom is 0.335 e. The Morgan fingerprint density at radius 2 is 1.79 bits per heavy atom. The van der Waals surface area contributed by atoms with Crippen LogP contribution in [0.1, 0.15) is 15.9 Å². The number of carbonyl (C=O) groups is 1. The van der Waals surface area contributed by atoms with Crippen LogP contribution in [0.3, 0.4) is 0 Å². The van der Waals surface area contributed by atoms with E-state index in [1.807, 2.05) is 0 Å². The van der Waals surface area contributed by atoms with E-state index in [-0.39, 0.29) is 23.3 Å². The molecule has 0 radical (unpaired) electrons. The largest absolute Gasteiger partial charge is 0.508 e. The highest BCUT2D eigenvalue weighted by Crippen LogP contribution is 2.24. The van der Waals surface area contributed by atoms with Crippen molar-refractivity contribution in [1.29, 1.82) is 0 Å². The highest BCUT2D eigenvalue weighted by atomic mass is 16.5. The third-order valence-corrected chi connectivity index (χ3v) is 4.50. The van der Waals surface area contributed by atoms with Gasteiger partial charge in [-0.05, 0) is 47.5 Å². The topological polar surface area (TPSA) is 97.0 Å². The first kappa shape index (κ1) is 18.3. The zero-order valence-corrected chi connectivity index (χ0v) is 15.2. The molecule has 0 fully saturated rings. The molecule has 4 rings (SSSR count). The summed E-state index contributed by atoms with van der Waals surface area (Å²) < 4.78 is 11.4. The number of aromatic hydroxyl groups is 1. The number of phenolic OH excluding ortho intramolecular Hbond substituents is 1. The molecule has 6 heteroatoms. The number of carboxylic acid groups (broad SMARTS) is 1. The minimum Gasteiger partial charge on any atom is -0.508 e. The Bertz CT molecular complexity index is 1250. The van der Waals surface area contributed by atoms with Gasteiger partial charge in [0.1, 0.15) is 30.0 Å². The third kappa shape index (κ3) is 3.82. The first-order chi connectivity index (χ1) is 14.0. The maximum atomic E-state index is 12.8. The molecule has 0 aliphatic carbocycles. The van der Waals surface area contributed by atoms with E-state index in [0.717, 1.165) is 0 Å². The molecule has 1 heterocycles. The molecule has 2 N–H and O–H groups in total. The van der Waals surface area contributed by atoms with Gasteiger partial charge in [0.15, 0.2) is 5.43 Å². The molecule has 0 aliphatic heterocycles. The van der Waals surface area contributed by atoms with Crippen LogP contribution in [0.2, 0.25) is 0 Å². The number of ether oxygens (including phenoxy) is 1. The molecule has 144 valence electrons. The van der Waals surface area contributed by atoms with E-state index in [1.165, 1.54) is 24.5 Å². The summed E-state index contributed by atoms with van der Waals surface area (Å²) in [7, 11) is 0. The first-order valence-corrected chi connectivity index (χ1v) is 8.81. The molecule has 0 saturated carbocycles. The molecular weight excluding hydrogens is 372 g/mol. The van der Waals surface area contributed by atoms with Gasteiger partial charge in [-0.15, -0.1) is 0 Å². The Hall–Kier alpha value is -4.06. The zero-order valence-electron chi connectivity index (χ0n) is 15.2. The Kier molecular flexibility index (Phi) is 4.75. The lowest BCUT2D eigenvalue weighted by Crippen LogP contribution is -2.05.